The maximum atomic E-state index is 13.7. The number of anilines is 1. The van der Waals surface area contributed by atoms with Crippen LogP contribution in [-0.4, -0.2) is 35.7 Å². The van der Waals surface area contributed by atoms with Gasteiger partial charge in [-0.3, -0.25) is 14.4 Å². The smallest absolute Gasteiger partial charge is 0.265 e. The van der Waals surface area contributed by atoms with Crippen LogP contribution in [0.2, 0.25) is 0 Å². The van der Waals surface area contributed by atoms with E-state index >= 15 is 0 Å². The molecule has 38 heavy (non-hydrogen) atoms. The summed E-state index contributed by atoms with van der Waals surface area (Å²) in [5, 5.41) is 0. The minimum absolute atomic E-state index is 0.0351. The van der Waals surface area contributed by atoms with Crippen molar-refractivity contribution in [3.05, 3.63) is 99.5 Å². The lowest BCUT2D eigenvalue weighted by atomic mass is 9.96. The Morgan fingerprint density at radius 2 is 1.71 bits per heavy atom. The first-order valence-corrected chi connectivity index (χ1v) is 13.7. The molecule has 0 radical (unpaired) electrons. The molecule has 6 nitrogen and oxygen atoms in total. The Balaban J connectivity index is 1.36. The Morgan fingerprint density at radius 3 is 2.42 bits per heavy atom. The molecule has 2 N–H and O–H groups in total. The standard InChI is InChI=1S/C31H31N3O3S/c1-20-7-8-21(2)25(17-20)19-34-26-5-3-4-6-27(26)38-28(31(34)37)18-22-9-11-24(12-10-22)30(36)33-15-13-23(14-16-33)29(32)35/h3-12,17-18,23H,13-16,19H2,1-2H3,(H2,32,35). The van der Waals surface area contributed by atoms with Gasteiger partial charge in [0.05, 0.1) is 17.1 Å². The third-order valence-electron chi connectivity index (χ3n) is 7.30. The molecule has 3 aromatic rings. The van der Waals surface area contributed by atoms with E-state index in [0.29, 0.717) is 42.9 Å². The van der Waals surface area contributed by atoms with Gasteiger partial charge in [-0.2, -0.15) is 0 Å². The number of thioether (sulfide) groups is 1. The molecule has 3 amide bonds. The summed E-state index contributed by atoms with van der Waals surface area (Å²) in [4.78, 5) is 43.4. The molecule has 2 aliphatic rings. The highest BCUT2D eigenvalue weighted by Crippen LogP contribution is 2.42. The Bertz CT molecular complexity index is 1420. The third kappa shape index (κ3) is 5.38. The number of nitrogens with two attached hydrogens (primary N) is 1. The largest absolute Gasteiger partial charge is 0.369 e. The molecule has 0 saturated carbocycles. The molecule has 2 heterocycles. The molecule has 0 atom stereocenters. The number of fused-ring (bicyclic) bond motifs is 1. The first-order chi connectivity index (χ1) is 18.3. The summed E-state index contributed by atoms with van der Waals surface area (Å²) < 4.78 is 0. The van der Waals surface area contributed by atoms with Gasteiger partial charge in [-0.1, -0.05) is 59.8 Å². The van der Waals surface area contributed by atoms with Crippen LogP contribution in [0.15, 0.2) is 76.5 Å². The minimum atomic E-state index is -0.292. The fraction of sp³-hybridized carbons (Fsp3) is 0.258. The fourth-order valence-corrected chi connectivity index (χ4v) is 6.04. The quantitative estimate of drug-likeness (QED) is 0.457. The highest BCUT2D eigenvalue weighted by Gasteiger charge is 2.30. The summed E-state index contributed by atoms with van der Waals surface area (Å²) in [6.45, 7) is 5.69. The van der Waals surface area contributed by atoms with Crippen LogP contribution in [-0.2, 0) is 16.1 Å². The van der Waals surface area contributed by atoms with E-state index in [2.05, 4.69) is 32.0 Å². The van der Waals surface area contributed by atoms with Crippen molar-refractivity contribution in [2.75, 3.05) is 18.0 Å². The Morgan fingerprint density at radius 1 is 1.00 bits per heavy atom. The van der Waals surface area contributed by atoms with Gasteiger partial charge in [0.2, 0.25) is 5.91 Å². The van der Waals surface area contributed by atoms with Crippen LogP contribution in [0.3, 0.4) is 0 Å². The van der Waals surface area contributed by atoms with Gasteiger partial charge < -0.3 is 15.5 Å². The van der Waals surface area contributed by atoms with E-state index in [1.165, 1.54) is 17.3 Å². The van der Waals surface area contributed by atoms with Gasteiger partial charge in [0.1, 0.15) is 0 Å². The van der Waals surface area contributed by atoms with E-state index in [1.807, 2.05) is 47.4 Å². The van der Waals surface area contributed by atoms with Crippen molar-refractivity contribution in [1.82, 2.24) is 4.90 Å². The normalized spacial score (nSPS) is 17.0. The summed E-state index contributed by atoms with van der Waals surface area (Å²) in [7, 11) is 0. The average molecular weight is 526 g/mol. The zero-order valence-corrected chi connectivity index (χ0v) is 22.5. The van der Waals surface area contributed by atoms with Crippen molar-refractivity contribution in [2.24, 2.45) is 11.7 Å². The molecule has 194 valence electrons. The van der Waals surface area contributed by atoms with Crippen LogP contribution < -0.4 is 10.6 Å². The molecule has 0 unspecified atom stereocenters. The van der Waals surface area contributed by atoms with Crippen molar-refractivity contribution in [3.63, 3.8) is 0 Å². The fourth-order valence-electron chi connectivity index (χ4n) is 4.98. The lowest BCUT2D eigenvalue weighted by Gasteiger charge is -2.31. The van der Waals surface area contributed by atoms with E-state index in [9.17, 15) is 14.4 Å². The van der Waals surface area contributed by atoms with Crippen molar-refractivity contribution in [1.29, 1.82) is 0 Å². The van der Waals surface area contributed by atoms with Crippen molar-refractivity contribution in [3.8, 4) is 0 Å². The van der Waals surface area contributed by atoms with Gasteiger partial charge in [0, 0.05) is 29.5 Å². The molecular weight excluding hydrogens is 494 g/mol. The van der Waals surface area contributed by atoms with Gasteiger partial charge in [0.15, 0.2) is 0 Å². The number of rotatable bonds is 5. The molecule has 5 rings (SSSR count). The van der Waals surface area contributed by atoms with Crippen LogP contribution >= 0.6 is 11.8 Å². The molecular formula is C31H31N3O3S. The molecule has 0 bridgehead atoms. The molecule has 7 heteroatoms. The van der Waals surface area contributed by atoms with Gasteiger partial charge in [-0.25, -0.2) is 0 Å². The molecule has 2 aliphatic heterocycles. The first kappa shape index (κ1) is 25.8. The maximum Gasteiger partial charge on any atom is 0.265 e. The summed E-state index contributed by atoms with van der Waals surface area (Å²) in [6.07, 6.45) is 3.10. The van der Waals surface area contributed by atoms with Crippen molar-refractivity contribution in [2.45, 2.75) is 38.1 Å². The predicted octanol–water partition coefficient (Wildman–Crippen LogP) is 5.32. The second kappa shape index (κ2) is 10.9. The van der Waals surface area contributed by atoms with E-state index in [-0.39, 0.29) is 23.6 Å². The van der Waals surface area contributed by atoms with Crippen molar-refractivity contribution < 1.29 is 14.4 Å². The number of primary amides is 1. The van der Waals surface area contributed by atoms with Crippen LogP contribution in [0.25, 0.3) is 6.08 Å². The van der Waals surface area contributed by atoms with Gasteiger partial charge in [0.25, 0.3) is 11.8 Å². The number of hydrogen-bond acceptors (Lipinski definition) is 4. The van der Waals surface area contributed by atoms with Crippen LogP contribution in [0.5, 0.6) is 0 Å². The van der Waals surface area contributed by atoms with Gasteiger partial charge in [-0.15, -0.1) is 0 Å². The van der Waals surface area contributed by atoms with E-state index in [1.54, 1.807) is 17.0 Å². The van der Waals surface area contributed by atoms with Crippen molar-refractivity contribution >= 4 is 41.2 Å². The molecule has 0 aromatic heterocycles. The summed E-state index contributed by atoms with van der Waals surface area (Å²) >= 11 is 1.47. The van der Waals surface area contributed by atoms with E-state index in [4.69, 9.17) is 5.73 Å². The molecule has 3 aromatic carbocycles. The molecule has 1 saturated heterocycles. The number of carbonyl (C=O) groups is 3. The lowest BCUT2D eigenvalue weighted by Crippen LogP contribution is -2.41. The number of amides is 3. The number of likely N-dealkylation sites (tertiary alicyclic amines) is 1. The number of hydrogen-bond donors (Lipinski definition) is 1. The summed E-state index contributed by atoms with van der Waals surface area (Å²) in [5.74, 6) is -0.533. The maximum absolute atomic E-state index is 13.7. The molecule has 1 fully saturated rings. The highest BCUT2D eigenvalue weighted by molar-refractivity contribution is 8.04. The van der Waals surface area contributed by atoms with E-state index < -0.39 is 0 Å². The predicted molar refractivity (Wildman–Crippen MR) is 152 cm³/mol. The monoisotopic (exact) mass is 525 g/mol. The summed E-state index contributed by atoms with van der Waals surface area (Å²) in [5.41, 5.74) is 11.2. The topological polar surface area (TPSA) is 83.7 Å². The number of aryl methyl sites for hydroxylation is 2. The number of para-hydroxylation sites is 1. The Kier molecular flexibility index (Phi) is 7.38. The van der Waals surface area contributed by atoms with Crippen LogP contribution in [0.1, 0.15) is 45.5 Å². The van der Waals surface area contributed by atoms with Gasteiger partial charge in [-0.05, 0) is 73.7 Å². The number of carbonyl (C=O) groups excluding carboxylic acids is 3. The number of nitrogens with zero attached hydrogens (tertiary/aromatic N) is 2. The first-order valence-electron chi connectivity index (χ1n) is 12.9. The second-order valence-corrected chi connectivity index (χ2v) is 11.1. The SMILES string of the molecule is Cc1ccc(C)c(CN2C(=O)C(=Cc3ccc(C(=O)N4CCC(C(N)=O)CC4)cc3)Sc3ccccc32)c1. The van der Waals surface area contributed by atoms with E-state index in [0.717, 1.165) is 27.3 Å². The number of benzene rings is 3. The van der Waals surface area contributed by atoms with Crippen LogP contribution in [0.4, 0.5) is 5.69 Å². The minimum Gasteiger partial charge on any atom is -0.369 e. The van der Waals surface area contributed by atoms with Crippen LogP contribution in [0, 0.1) is 19.8 Å². The molecule has 0 spiro atoms. The second-order valence-electron chi connectivity index (χ2n) is 9.99. The lowest BCUT2D eigenvalue weighted by molar-refractivity contribution is -0.123. The average Bonchev–Trinajstić information content (AvgIpc) is 2.93. The zero-order chi connectivity index (χ0) is 26.8. The Labute approximate surface area is 227 Å². The molecule has 0 aliphatic carbocycles. The third-order valence-corrected chi connectivity index (χ3v) is 8.38. The number of piperidine rings is 1. The zero-order valence-electron chi connectivity index (χ0n) is 21.6. The highest BCUT2D eigenvalue weighted by atomic mass is 32.2. The summed E-state index contributed by atoms with van der Waals surface area (Å²) in [6, 6.07) is 21.7. The van der Waals surface area contributed by atoms with Gasteiger partial charge >= 0.3 is 0 Å². The Hall–Kier alpha value is -3.84.